The van der Waals surface area contributed by atoms with Crippen LogP contribution in [-0.2, 0) is 6.42 Å². The minimum absolute atomic E-state index is 0.182. The summed E-state index contributed by atoms with van der Waals surface area (Å²) in [5, 5.41) is 0. The second-order valence-corrected chi connectivity index (χ2v) is 4.30. The molecule has 0 nitrogen and oxygen atoms in total. The molecule has 1 radical (unpaired) electrons. The molecule has 1 heteroatoms. The van der Waals surface area contributed by atoms with Crippen molar-refractivity contribution in [3.63, 3.8) is 0 Å². The summed E-state index contributed by atoms with van der Waals surface area (Å²) >= 11 is 3.58. The molecule has 1 aromatic rings. The molecule has 0 amide bonds. The number of aryl methyl sites for hydroxylation is 1. The fourth-order valence-electron chi connectivity index (χ4n) is 1.40. The molecular weight excluding hydrogens is 236 g/mol. The van der Waals surface area contributed by atoms with E-state index in [0.29, 0.717) is 0 Å². The first kappa shape index (κ1) is 11.5. The summed E-state index contributed by atoms with van der Waals surface area (Å²) in [6.45, 7) is 9.94. The fraction of sp³-hybridized carbons (Fsp3) is 0.308. The molecule has 0 aliphatic carbocycles. The maximum Gasteiger partial charge on any atom is 0.0210 e. The number of allylic oxidation sites excluding steroid dienone is 1. The van der Waals surface area contributed by atoms with Gasteiger partial charge in [-0.3, -0.25) is 0 Å². The third-order valence-corrected chi connectivity index (χ3v) is 3.05. The quantitative estimate of drug-likeness (QED) is 0.692. The molecule has 0 fully saturated rings. The molecule has 75 valence electrons. The lowest BCUT2D eigenvalue weighted by atomic mass is 9.99. The maximum atomic E-state index is 4.00. The van der Waals surface area contributed by atoms with E-state index >= 15 is 0 Å². The molecule has 1 aromatic carbocycles. The Bertz CT molecular complexity index is 315. The number of halogens is 1. The van der Waals surface area contributed by atoms with Crippen LogP contribution in [0.4, 0.5) is 0 Å². The van der Waals surface area contributed by atoms with E-state index < -0.39 is 0 Å². The molecule has 1 unspecified atom stereocenters. The summed E-state index contributed by atoms with van der Waals surface area (Å²) in [5.41, 5.74) is 2.58. The van der Waals surface area contributed by atoms with Crippen LogP contribution < -0.4 is 0 Å². The van der Waals surface area contributed by atoms with Crippen LogP contribution in [0, 0.1) is 6.92 Å². The van der Waals surface area contributed by atoms with Gasteiger partial charge in [-0.2, -0.15) is 0 Å². The second kappa shape index (κ2) is 5.35. The van der Waals surface area contributed by atoms with Crippen molar-refractivity contribution in [2.75, 3.05) is 0 Å². The van der Waals surface area contributed by atoms with E-state index in [-0.39, 0.29) is 5.92 Å². The van der Waals surface area contributed by atoms with E-state index in [1.165, 1.54) is 22.0 Å². The monoisotopic (exact) mass is 251 g/mol. The first-order chi connectivity index (χ1) is 6.69. The van der Waals surface area contributed by atoms with Crippen molar-refractivity contribution in [2.24, 2.45) is 0 Å². The maximum absolute atomic E-state index is 4.00. The van der Waals surface area contributed by atoms with Crippen LogP contribution >= 0.6 is 15.9 Å². The lowest BCUT2D eigenvalue weighted by Crippen LogP contribution is -1.92. The Morgan fingerprint density at radius 3 is 2.71 bits per heavy atom. The smallest absolute Gasteiger partial charge is 0.0210 e. The lowest BCUT2D eigenvalue weighted by molar-refractivity contribution is 0.913. The minimum atomic E-state index is 0.182. The summed E-state index contributed by atoms with van der Waals surface area (Å²) in [6.07, 6.45) is 4.16. The molecule has 0 N–H and O–H groups in total. The van der Waals surface area contributed by atoms with Gasteiger partial charge in [0.1, 0.15) is 0 Å². The molecule has 0 heterocycles. The van der Waals surface area contributed by atoms with Crippen molar-refractivity contribution in [3.8, 4) is 0 Å². The molecule has 0 aliphatic heterocycles. The van der Waals surface area contributed by atoms with Crippen LogP contribution in [0.15, 0.2) is 35.3 Å². The highest BCUT2D eigenvalue weighted by molar-refractivity contribution is 9.10. The molecule has 0 saturated heterocycles. The van der Waals surface area contributed by atoms with Crippen LogP contribution in [0.2, 0.25) is 0 Å². The van der Waals surface area contributed by atoms with E-state index in [2.05, 4.69) is 54.6 Å². The van der Waals surface area contributed by atoms with Gasteiger partial charge in [-0.05, 0) is 30.5 Å². The Morgan fingerprint density at radius 1 is 1.50 bits per heavy atom. The molecule has 0 spiro atoms. The van der Waals surface area contributed by atoms with Gasteiger partial charge < -0.3 is 0 Å². The average molecular weight is 252 g/mol. The summed E-state index contributed by atoms with van der Waals surface area (Å²) in [4.78, 5) is 0. The van der Waals surface area contributed by atoms with Crippen molar-refractivity contribution < 1.29 is 0 Å². The highest BCUT2D eigenvalue weighted by Gasteiger charge is 2.04. The van der Waals surface area contributed by atoms with Gasteiger partial charge in [0, 0.05) is 10.4 Å². The highest BCUT2D eigenvalue weighted by atomic mass is 79.9. The van der Waals surface area contributed by atoms with Gasteiger partial charge in [-0.15, -0.1) is 6.58 Å². The summed E-state index contributed by atoms with van der Waals surface area (Å²) in [7, 11) is 0. The molecule has 14 heavy (non-hydrogen) atoms. The van der Waals surface area contributed by atoms with Crippen molar-refractivity contribution in [1.82, 2.24) is 0 Å². The molecule has 1 atom stereocenters. The Labute approximate surface area is 95.2 Å². The van der Waals surface area contributed by atoms with E-state index in [0.717, 1.165) is 6.42 Å². The van der Waals surface area contributed by atoms with Gasteiger partial charge >= 0.3 is 0 Å². The van der Waals surface area contributed by atoms with Gasteiger partial charge in [0.25, 0.3) is 0 Å². The first-order valence-corrected chi connectivity index (χ1v) is 5.72. The average Bonchev–Trinajstić information content (AvgIpc) is 2.20. The lowest BCUT2D eigenvalue weighted by Gasteiger charge is -2.09. The van der Waals surface area contributed by atoms with Crippen molar-refractivity contribution in [2.45, 2.75) is 25.7 Å². The van der Waals surface area contributed by atoms with Crippen molar-refractivity contribution in [1.29, 1.82) is 0 Å². The predicted octanol–water partition coefficient (Wildman–Crippen LogP) is 4.51. The molecular formula is C13H16Br. The topological polar surface area (TPSA) is 0 Å². The van der Waals surface area contributed by atoms with Crippen LogP contribution in [-0.4, -0.2) is 0 Å². The zero-order valence-electron chi connectivity index (χ0n) is 8.59. The molecule has 0 bridgehead atoms. The Balaban J connectivity index is 2.93. The van der Waals surface area contributed by atoms with E-state index in [4.69, 9.17) is 0 Å². The Hall–Kier alpha value is -0.560. The van der Waals surface area contributed by atoms with Gasteiger partial charge in [0.2, 0.25) is 0 Å². The third-order valence-electron chi connectivity index (χ3n) is 2.31. The molecule has 0 aromatic heterocycles. The van der Waals surface area contributed by atoms with Gasteiger partial charge in [0.05, 0.1) is 0 Å². The summed E-state index contributed by atoms with van der Waals surface area (Å²) < 4.78 is 1.19. The predicted molar refractivity (Wildman–Crippen MR) is 66.4 cm³/mol. The largest absolute Gasteiger partial charge is 0.102 e. The highest BCUT2D eigenvalue weighted by Crippen LogP contribution is 2.24. The number of hydrogen-bond donors (Lipinski definition) is 0. The Kier molecular flexibility index (Phi) is 4.40. The van der Waals surface area contributed by atoms with Crippen LogP contribution in [0.5, 0.6) is 0 Å². The SMILES string of the molecule is [CH2]C(C=C)c1ccc(CCC)c(Br)c1. The van der Waals surface area contributed by atoms with E-state index in [1.54, 1.807) is 0 Å². The van der Waals surface area contributed by atoms with E-state index in [9.17, 15) is 0 Å². The first-order valence-electron chi connectivity index (χ1n) is 4.93. The molecule has 0 saturated carbocycles. The molecule has 0 aliphatic rings. The Morgan fingerprint density at radius 2 is 2.21 bits per heavy atom. The van der Waals surface area contributed by atoms with Gasteiger partial charge in [-0.1, -0.05) is 47.5 Å². The van der Waals surface area contributed by atoms with E-state index in [1.807, 2.05) is 6.08 Å². The second-order valence-electron chi connectivity index (χ2n) is 3.44. The number of rotatable bonds is 4. The third kappa shape index (κ3) is 2.71. The fourth-order valence-corrected chi connectivity index (χ4v) is 2.00. The van der Waals surface area contributed by atoms with Gasteiger partial charge in [-0.25, -0.2) is 0 Å². The summed E-state index contributed by atoms with van der Waals surface area (Å²) in [5.74, 6) is 0.182. The number of hydrogen-bond acceptors (Lipinski definition) is 0. The van der Waals surface area contributed by atoms with Crippen LogP contribution in [0.25, 0.3) is 0 Å². The van der Waals surface area contributed by atoms with Gasteiger partial charge in [0.15, 0.2) is 0 Å². The van der Waals surface area contributed by atoms with Crippen molar-refractivity contribution in [3.05, 3.63) is 53.4 Å². The van der Waals surface area contributed by atoms with Crippen molar-refractivity contribution >= 4 is 15.9 Å². The minimum Gasteiger partial charge on any atom is -0.102 e. The molecule has 1 rings (SSSR count). The van der Waals surface area contributed by atoms with Crippen LogP contribution in [0.1, 0.15) is 30.4 Å². The van der Waals surface area contributed by atoms with Crippen LogP contribution in [0.3, 0.4) is 0 Å². The number of benzene rings is 1. The zero-order valence-corrected chi connectivity index (χ0v) is 10.2. The normalized spacial score (nSPS) is 12.5. The summed E-state index contributed by atoms with van der Waals surface area (Å²) in [6, 6.07) is 6.45. The standard InChI is InChI=1S/C13H16Br/c1-4-6-11-7-8-12(9-13(11)14)10(3)5-2/h5,7-10H,2-4,6H2,1H3. The zero-order chi connectivity index (χ0) is 10.6.